The van der Waals surface area contributed by atoms with Gasteiger partial charge >= 0.3 is 45.9 Å². The number of carbonyl (C=O) groups excluding carboxylic acids is 1. The Bertz CT molecular complexity index is 404. The molecule has 25 heavy (non-hydrogen) atoms. The first-order valence-electron chi connectivity index (χ1n) is 9.63. The molecular formula is C18H37NaO5S. The quantitative estimate of drug-likeness (QED) is 0.283. The zero-order valence-corrected chi connectivity index (χ0v) is 19.4. The topological polar surface area (TPSA) is 69.7 Å². The summed E-state index contributed by atoms with van der Waals surface area (Å²) in [7, 11) is -4.15. The third-order valence-electron chi connectivity index (χ3n) is 3.94. The molecule has 0 amide bonds. The van der Waals surface area contributed by atoms with Gasteiger partial charge in [0.2, 0.25) is 0 Å². The van der Waals surface area contributed by atoms with E-state index in [0.717, 1.165) is 12.8 Å². The van der Waals surface area contributed by atoms with E-state index in [1.165, 1.54) is 71.1 Å². The molecule has 0 rings (SSSR count). The maximum Gasteiger partial charge on any atom is 1.00 e. The van der Waals surface area contributed by atoms with Gasteiger partial charge in [0.05, 0.1) is 6.61 Å². The summed E-state index contributed by atoms with van der Waals surface area (Å²) in [6.45, 7) is 3.73. The molecule has 0 aliphatic rings. The SMILES string of the molecule is CCCCCCCCCCCCCCCC(=O)OS(=O)(=O)OCC.[H-].[Na+]. The van der Waals surface area contributed by atoms with E-state index >= 15 is 0 Å². The maximum atomic E-state index is 11.4. The Morgan fingerprint density at radius 1 is 0.760 bits per heavy atom. The van der Waals surface area contributed by atoms with Gasteiger partial charge in [-0.25, -0.2) is 4.18 Å². The molecule has 0 aromatic heterocycles. The molecule has 0 atom stereocenters. The van der Waals surface area contributed by atoms with Gasteiger partial charge < -0.3 is 5.61 Å². The monoisotopic (exact) mass is 388 g/mol. The molecule has 0 N–H and O–H groups in total. The number of hydrogen-bond acceptors (Lipinski definition) is 5. The fourth-order valence-corrected chi connectivity index (χ4v) is 3.26. The van der Waals surface area contributed by atoms with E-state index in [9.17, 15) is 13.2 Å². The summed E-state index contributed by atoms with van der Waals surface area (Å²) in [5, 5.41) is 0. The number of carbonyl (C=O) groups is 1. The molecule has 0 spiro atoms. The van der Waals surface area contributed by atoms with Gasteiger partial charge in [0, 0.05) is 6.42 Å². The van der Waals surface area contributed by atoms with Crippen LogP contribution in [0.2, 0.25) is 0 Å². The summed E-state index contributed by atoms with van der Waals surface area (Å²) in [6, 6.07) is 0. The summed E-state index contributed by atoms with van der Waals surface area (Å²) < 4.78 is 30.9. The van der Waals surface area contributed by atoms with Gasteiger partial charge in [-0.05, 0) is 13.3 Å². The summed E-state index contributed by atoms with van der Waals surface area (Å²) in [5.41, 5.74) is 0. The predicted octanol–water partition coefficient (Wildman–Crippen LogP) is 2.41. The fraction of sp³-hybridized carbons (Fsp3) is 0.944. The number of hydrogen-bond donors (Lipinski definition) is 0. The first kappa shape index (κ1) is 27.6. The van der Waals surface area contributed by atoms with Crippen molar-refractivity contribution in [1.82, 2.24) is 0 Å². The van der Waals surface area contributed by atoms with Gasteiger partial charge in [0.15, 0.2) is 0 Å². The predicted molar refractivity (Wildman–Crippen MR) is 98.1 cm³/mol. The van der Waals surface area contributed by atoms with Crippen LogP contribution in [-0.4, -0.2) is 21.0 Å². The second-order valence-corrected chi connectivity index (χ2v) is 7.48. The molecule has 0 saturated heterocycles. The number of rotatable bonds is 17. The minimum Gasteiger partial charge on any atom is -1.00 e. The van der Waals surface area contributed by atoms with Crippen LogP contribution in [0, 0.1) is 0 Å². The average molecular weight is 389 g/mol. The Labute approximate surface area is 178 Å². The third kappa shape index (κ3) is 20.5. The fourth-order valence-electron chi connectivity index (χ4n) is 2.61. The average Bonchev–Trinajstić information content (AvgIpc) is 2.51. The Kier molecular flexibility index (Phi) is 21.1. The smallest absolute Gasteiger partial charge is 1.00 e. The largest absolute Gasteiger partial charge is 1.00 e. The van der Waals surface area contributed by atoms with Crippen molar-refractivity contribution in [3.8, 4) is 0 Å². The van der Waals surface area contributed by atoms with Gasteiger partial charge in [0.1, 0.15) is 0 Å². The van der Waals surface area contributed by atoms with Crippen LogP contribution in [0.5, 0.6) is 0 Å². The Hall–Kier alpha value is 0.380. The minimum atomic E-state index is -4.15. The molecule has 0 saturated carbocycles. The normalized spacial score (nSPS) is 11.1. The van der Waals surface area contributed by atoms with E-state index < -0.39 is 16.4 Å². The zero-order valence-electron chi connectivity index (χ0n) is 17.6. The third-order valence-corrected chi connectivity index (χ3v) is 4.86. The Balaban J connectivity index is -0.00000264. The summed E-state index contributed by atoms with van der Waals surface area (Å²) >= 11 is 0. The molecule has 0 heterocycles. The van der Waals surface area contributed by atoms with Gasteiger partial charge in [-0.2, -0.15) is 8.42 Å². The van der Waals surface area contributed by atoms with Crippen molar-refractivity contribution in [1.29, 1.82) is 0 Å². The van der Waals surface area contributed by atoms with Gasteiger partial charge in [-0.15, -0.1) is 0 Å². The molecule has 0 bridgehead atoms. The van der Waals surface area contributed by atoms with Crippen molar-refractivity contribution in [3.63, 3.8) is 0 Å². The summed E-state index contributed by atoms with van der Waals surface area (Å²) in [4.78, 5) is 11.4. The van der Waals surface area contributed by atoms with E-state index in [-0.39, 0.29) is 44.0 Å². The van der Waals surface area contributed by atoms with Crippen LogP contribution in [0.1, 0.15) is 105 Å². The van der Waals surface area contributed by atoms with E-state index in [1.54, 1.807) is 0 Å². The van der Waals surface area contributed by atoms with Crippen molar-refractivity contribution in [2.75, 3.05) is 6.61 Å². The van der Waals surface area contributed by atoms with Gasteiger partial charge in [-0.1, -0.05) is 84.0 Å². The van der Waals surface area contributed by atoms with Gasteiger partial charge in [0.25, 0.3) is 0 Å². The molecule has 7 heteroatoms. The Morgan fingerprint density at radius 3 is 1.56 bits per heavy atom. The molecule has 0 aliphatic carbocycles. The van der Waals surface area contributed by atoms with Crippen molar-refractivity contribution in [2.45, 2.75) is 104 Å². The van der Waals surface area contributed by atoms with E-state index in [4.69, 9.17) is 0 Å². The van der Waals surface area contributed by atoms with Crippen LogP contribution < -0.4 is 29.6 Å². The van der Waals surface area contributed by atoms with Crippen molar-refractivity contribution in [2.24, 2.45) is 0 Å². The van der Waals surface area contributed by atoms with Crippen LogP contribution in [0.4, 0.5) is 0 Å². The van der Waals surface area contributed by atoms with E-state index in [1.807, 2.05) is 0 Å². The molecular weight excluding hydrogens is 351 g/mol. The molecule has 0 unspecified atom stereocenters. The first-order chi connectivity index (χ1) is 11.5. The van der Waals surface area contributed by atoms with Crippen LogP contribution in [0.15, 0.2) is 0 Å². The van der Waals surface area contributed by atoms with Gasteiger partial charge in [-0.3, -0.25) is 4.79 Å². The van der Waals surface area contributed by atoms with Crippen molar-refractivity contribution >= 4 is 16.4 Å². The maximum absolute atomic E-state index is 11.4. The Morgan fingerprint density at radius 2 is 1.16 bits per heavy atom. The second kappa shape index (κ2) is 19.2. The van der Waals surface area contributed by atoms with Crippen LogP contribution >= 0.6 is 0 Å². The molecule has 0 aromatic carbocycles. The molecule has 0 aromatic rings. The summed E-state index contributed by atoms with van der Waals surface area (Å²) in [6.07, 6.45) is 16.0. The van der Waals surface area contributed by atoms with Crippen molar-refractivity contribution in [3.05, 3.63) is 0 Å². The van der Waals surface area contributed by atoms with Crippen LogP contribution in [-0.2, 0) is 23.6 Å². The first-order valence-corrected chi connectivity index (χ1v) is 11.0. The molecule has 0 fully saturated rings. The van der Waals surface area contributed by atoms with Crippen molar-refractivity contribution < 1.29 is 52.6 Å². The molecule has 0 aliphatic heterocycles. The second-order valence-electron chi connectivity index (χ2n) is 6.26. The standard InChI is InChI=1S/C18H36O5S.Na.H/c1-3-5-6-7-8-9-10-11-12-13-14-15-16-17-18(19)23-24(20,21)22-4-2;;/h3-17H2,1-2H3;;/q;+1;-1. The van der Waals surface area contributed by atoms with E-state index in [2.05, 4.69) is 15.3 Å². The molecule has 146 valence electrons. The molecule has 5 nitrogen and oxygen atoms in total. The molecule has 0 radical (unpaired) electrons. The van der Waals surface area contributed by atoms with Crippen LogP contribution in [0.3, 0.4) is 0 Å². The van der Waals surface area contributed by atoms with E-state index in [0.29, 0.717) is 6.42 Å². The summed E-state index contributed by atoms with van der Waals surface area (Å²) in [5.74, 6) is -0.730. The minimum absolute atomic E-state index is 0. The zero-order chi connectivity index (χ0) is 18.1. The van der Waals surface area contributed by atoms with Crippen LogP contribution in [0.25, 0.3) is 0 Å². The number of unbranched alkanes of at least 4 members (excludes halogenated alkanes) is 12.